The molecule has 0 spiro atoms. The maximum absolute atomic E-state index is 12.4. The molecule has 3 aliphatic heterocycles. The lowest BCUT2D eigenvalue weighted by atomic mass is 9.89. The van der Waals surface area contributed by atoms with Crippen LogP contribution >= 0.6 is 0 Å². The van der Waals surface area contributed by atoms with Gasteiger partial charge in [0.1, 0.15) is 0 Å². The molecule has 28 heavy (non-hydrogen) atoms. The number of nitrogens with one attached hydrogen (secondary N) is 1. The summed E-state index contributed by atoms with van der Waals surface area (Å²) in [5.41, 5.74) is 1.42. The number of fused-ring (bicyclic) bond motifs is 1. The van der Waals surface area contributed by atoms with Gasteiger partial charge in [0.15, 0.2) is 0 Å². The Hall–Kier alpha value is -2.41. The Morgan fingerprint density at radius 2 is 1.64 bits per heavy atom. The number of carbonyl (C=O) groups is 3. The van der Waals surface area contributed by atoms with Crippen molar-refractivity contribution < 1.29 is 14.4 Å². The highest BCUT2D eigenvalue weighted by Crippen LogP contribution is 2.32. The van der Waals surface area contributed by atoms with Gasteiger partial charge >= 0.3 is 6.03 Å². The van der Waals surface area contributed by atoms with E-state index in [4.69, 9.17) is 0 Å². The van der Waals surface area contributed by atoms with Crippen LogP contribution in [0.15, 0.2) is 30.3 Å². The fourth-order valence-corrected chi connectivity index (χ4v) is 4.72. The number of imide groups is 1. The fraction of sp³-hybridized carbons (Fsp3) is 0.571. The molecular formula is C21H28N4O3. The molecule has 0 radical (unpaired) electrons. The first-order chi connectivity index (χ1) is 13.5. The minimum Gasteiger partial charge on any atom is -0.337 e. The summed E-state index contributed by atoms with van der Waals surface area (Å²) in [7, 11) is 1.52. The lowest BCUT2D eigenvalue weighted by molar-refractivity contribution is -0.138. The smallest absolute Gasteiger partial charge is 0.317 e. The van der Waals surface area contributed by atoms with Gasteiger partial charge in [-0.05, 0) is 37.4 Å². The van der Waals surface area contributed by atoms with Crippen LogP contribution in [0.1, 0.15) is 24.3 Å². The first kappa shape index (κ1) is 18.9. The Kier molecular flexibility index (Phi) is 5.35. The summed E-state index contributed by atoms with van der Waals surface area (Å²) in [6.45, 7) is 4.18. The number of amides is 4. The van der Waals surface area contributed by atoms with Crippen LogP contribution in [0.3, 0.4) is 0 Å². The summed E-state index contributed by atoms with van der Waals surface area (Å²) in [5.74, 6) is -0.414. The number of urea groups is 1. The molecule has 0 saturated carbocycles. The molecule has 0 unspecified atom stereocenters. The van der Waals surface area contributed by atoms with Gasteiger partial charge in [0.2, 0.25) is 11.8 Å². The van der Waals surface area contributed by atoms with E-state index in [1.54, 1.807) is 4.90 Å². The molecule has 4 amide bonds. The zero-order chi connectivity index (χ0) is 19.7. The Balaban J connectivity index is 1.18. The van der Waals surface area contributed by atoms with Gasteiger partial charge in [-0.1, -0.05) is 30.3 Å². The molecule has 2 atom stereocenters. The fourth-order valence-electron chi connectivity index (χ4n) is 4.72. The van der Waals surface area contributed by atoms with Crippen LogP contribution < -0.4 is 5.32 Å². The average Bonchev–Trinajstić information content (AvgIpc) is 3.25. The van der Waals surface area contributed by atoms with Gasteiger partial charge in [0.05, 0.1) is 11.8 Å². The number of likely N-dealkylation sites (tertiary alicyclic amines) is 3. The highest BCUT2D eigenvalue weighted by atomic mass is 16.2. The van der Waals surface area contributed by atoms with E-state index in [0.717, 1.165) is 32.5 Å². The Morgan fingerprint density at radius 3 is 2.25 bits per heavy atom. The van der Waals surface area contributed by atoms with Crippen LogP contribution in [0.4, 0.5) is 4.79 Å². The van der Waals surface area contributed by atoms with E-state index < -0.39 is 0 Å². The lowest BCUT2D eigenvalue weighted by Gasteiger charge is -2.32. The second-order valence-electron chi connectivity index (χ2n) is 8.11. The molecule has 1 aromatic rings. The number of rotatable bonds is 4. The highest BCUT2D eigenvalue weighted by molar-refractivity contribution is 6.06. The van der Waals surface area contributed by atoms with Gasteiger partial charge in [-0.2, -0.15) is 0 Å². The lowest BCUT2D eigenvalue weighted by Crippen LogP contribution is -2.45. The Labute approximate surface area is 165 Å². The molecule has 1 N–H and O–H groups in total. The molecule has 7 nitrogen and oxygen atoms in total. The zero-order valence-electron chi connectivity index (χ0n) is 16.3. The van der Waals surface area contributed by atoms with Gasteiger partial charge in [-0.15, -0.1) is 0 Å². The van der Waals surface area contributed by atoms with Crippen LogP contribution in [-0.2, 0) is 9.59 Å². The van der Waals surface area contributed by atoms with E-state index >= 15 is 0 Å². The van der Waals surface area contributed by atoms with Crippen molar-refractivity contribution >= 4 is 17.8 Å². The summed E-state index contributed by atoms with van der Waals surface area (Å²) < 4.78 is 0. The van der Waals surface area contributed by atoms with Gasteiger partial charge in [-0.3, -0.25) is 14.5 Å². The molecule has 0 aromatic heterocycles. The first-order valence-corrected chi connectivity index (χ1v) is 10.2. The van der Waals surface area contributed by atoms with Crippen molar-refractivity contribution in [3.05, 3.63) is 35.9 Å². The summed E-state index contributed by atoms with van der Waals surface area (Å²) in [4.78, 5) is 41.7. The summed E-state index contributed by atoms with van der Waals surface area (Å²) in [5, 5.41) is 2.95. The molecule has 1 aromatic carbocycles. The predicted octanol–water partition coefficient (Wildman–Crippen LogP) is 1.12. The van der Waals surface area contributed by atoms with Crippen molar-refractivity contribution in [2.75, 3.05) is 46.3 Å². The van der Waals surface area contributed by atoms with Gasteiger partial charge < -0.3 is 15.1 Å². The van der Waals surface area contributed by atoms with Gasteiger partial charge in [0, 0.05) is 33.2 Å². The van der Waals surface area contributed by atoms with E-state index in [-0.39, 0.29) is 29.7 Å². The maximum Gasteiger partial charge on any atom is 0.317 e. The number of benzene rings is 1. The minimum atomic E-state index is -0.361. The minimum absolute atomic E-state index is 0.161. The van der Waals surface area contributed by atoms with E-state index in [0.29, 0.717) is 25.6 Å². The van der Waals surface area contributed by atoms with Crippen LogP contribution in [0, 0.1) is 11.8 Å². The standard InChI is InChI=1S/C21H28N4O3/c1-23-19(26)17-13-25(14-18(17)20(23)27)21(28)22-9-12-24-10-7-16(8-11-24)15-5-3-2-4-6-15/h2-6,16-18H,7-14H2,1H3,(H,22,28)/t17-,18+. The summed E-state index contributed by atoms with van der Waals surface area (Å²) in [6, 6.07) is 10.5. The van der Waals surface area contributed by atoms with Crippen LogP contribution in [0.5, 0.6) is 0 Å². The first-order valence-electron chi connectivity index (χ1n) is 10.2. The molecule has 3 saturated heterocycles. The van der Waals surface area contributed by atoms with Crippen molar-refractivity contribution in [1.29, 1.82) is 0 Å². The normalized spacial score (nSPS) is 26.0. The van der Waals surface area contributed by atoms with E-state index in [1.807, 2.05) is 0 Å². The molecule has 4 rings (SSSR count). The molecule has 3 fully saturated rings. The molecule has 0 bridgehead atoms. The van der Waals surface area contributed by atoms with Crippen LogP contribution in [0.2, 0.25) is 0 Å². The SMILES string of the molecule is CN1C(=O)[C@H]2CN(C(=O)NCCN3CCC(c4ccccc4)CC3)C[C@H]2C1=O. The van der Waals surface area contributed by atoms with E-state index in [1.165, 1.54) is 17.5 Å². The quantitative estimate of drug-likeness (QED) is 0.790. The number of piperidine rings is 1. The van der Waals surface area contributed by atoms with Gasteiger partial charge in [0.25, 0.3) is 0 Å². The number of hydrogen-bond acceptors (Lipinski definition) is 4. The average molecular weight is 384 g/mol. The largest absolute Gasteiger partial charge is 0.337 e. The number of nitrogens with zero attached hydrogens (tertiary/aromatic N) is 3. The summed E-state index contributed by atoms with van der Waals surface area (Å²) in [6.07, 6.45) is 2.29. The zero-order valence-corrected chi connectivity index (χ0v) is 16.3. The topological polar surface area (TPSA) is 73.0 Å². The third-order valence-electron chi connectivity index (χ3n) is 6.47. The maximum atomic E-state index is 12.4. The van der Waals surface area contributed by atoms with Crippen molar-refractivity contribution in [2.24, 2.45) is 11.8 Å². The predicted molar refractivity (Wildman–Crippen MR) is 105 cm³/mol. The van der Waals surface area contributed by atoms with E-state index in [2.05, 4.69) is 40.5 Å². The number of carbonyl (C=O) groups excluding carboxylic acids is 3. The number of hydrogen-bond donors (Lipinski definition) is 1. The Morgan fingerprint density at radius 1 is 1.04 bits per heavy atom. The van der Waals surface area contributed by atoms with Crippen LogP contribution in [0.25, 0.3) is 0 Å². The third-order valence-corrected chi connectivity index (χ3v) is 6.47. The monoisotopic (exact) mass is 384 g/mol. The highest BCUT2D eigenvalue weighted by Gasteiger charge is 2.51. The van der Waals surface area contributed by atoms with Crippen molar-refractivity contribution in [3.8, 4) is 0 Å². The second kappa shape index (κ2) is 7.91. The van der Waals surface area contributed by atoms with Crippen LogP contribution in [-0.4, -0.2) is 78.9 Å². The molecule has 3 aliphatic rings. The molecule has 3 heterocycles. The van der Waals surface area contributed by atoms with Crippen molar-refractivity contribution in [3.63, 3.8) is 0 Å². The molecule has 150 valence electrons. The second-order valence-corrected chi connectivity index (χ2v) is 8.11. The molecule has 7 heteroatoms. The van der Waals surface area contributed by atoms with E-state index in [9.17, 15) is 14.4 Å². The molecular weight excluding hydrogens is 356 g/mol. The third kappa shape index (κ3) is 3.63. The Bertz CT molecular complexity index is 721. The van der Waals surface area contributed by atoms with Crippen molar-refractivity contribution in [1.82, 2.24) is 20.0 Å². The molecule has 0 aliphatic carbocycles. The van der Waals surface area contributed by atoms with Gasteiger partial charge in [-0.25, -0.2) is 4.79 Å². The summed E-state index contributed by atoms with van der Waals surface area (Å²) >= 11 is 0. The van der Waals surface area contributed by atoms with Crippen molar-refractivity contribution in [2.45, 2.75) is 18.8 Å².